The first-order chi connectivity index (χ1) is 17.9. The zero-order chi connectivity index (χ0) is 23.9. The Hall–Kier alpha value is -4.83. The fourth-order valence-corrected chi connectivity index (χ4v) is 5.17. The summed E-state index contributed by atoms with van der Waals surface area (Å²) in [6, 6.07) is 46.6. The van der Waals surface area contributed by atoms with Crippen LogP contribution in [0.3, 0.4) is 0 Å². The number of fused-ring (bicyclic) bond motifs is 2. The highest BCUT2D eigenvalue weighted by Gasteiger charge is 2.31. The Bertz CT molecular complexity index is 1670. The fraction of sp³-hybridized carbons (Fsp3) is 0.0312. The summed E-state index contributed by atoms with van der Waals surface area (Å²) in [5.41, 5.74) is 8.91. The molecule has 6 aromatic rings. The summed E-state index contributed by atoms with van der Waals surface area (Å²) < 4.78 is 2.25. The molecule has 0 saturated carbocycles. The summed E-state index contributed by atoms with van der Waals surface area (Å²) in [7, 11) is 0. The van der Waals surface area contributed by atoms with Gasteiger partial charge in [0.25, 0.3) is 0 Å². The van der Waals surface area contributed by atoms with Crippen LogP contribution in [0.15, 0.2) is 133 Å². The first-order valence-electron chi connectivity index (χ1n) is 12.2. The van der Waals surface area contributed by atoms with Gasteiger partial charge in [-0.1, -0.05) is 78.9 Å². The molecule has 0 amide bonds. The van der Waals surface area contributed by atoms with Crippen LogP contribution in [0.1, 0.15) is 11.7 Å². The zero-order valence-corrected chi connectivity index (χ0v) is 19.6. The minimum Gasteiger partial charge on any atom is -0.359 e. The molecule has 1 aliphatic heterocycles. The monoisotopic (exact) mass is 464 g/mol. The molecule has 0 bridgehead atoms. The standard InChI is InChI=1S/C32H24N4/c1-3-14-25(15-4-1)35-29-20-9-7-18-27(29)33-31(35)23-12-11-13-24(22-23)32-34-28-19-8-10-21-30(28)36(32)26-16-5-2-6-17-26/h1-22,31,33H. The molecule has 1 aliphatic rings. The molecule has 0 spiro atoms. The van der Waals surface area contributed by atoms with Crippen LogP contribution in [0, 0.1) is 0 Å². The first-order valence-corrected chi connectivity index (χ1v) is 12.2. The topological polar surface area (TPSA) is 33.1 Å². The quantitative estimate of drug-likeness (QED) is 0.287. The summed E-state index contributed by atoms with van der Waals surface area (Å²) in [6.07, 6.45) is -0.0284. The molecule has 1 aromatic heterocycles. The lowest BCUT2D eigenvalue weighted by Crippen LogP contribution is -2.23. The number of hydrogen-bond donors (Lipinski definition) is 1. The van der Waals surface area contributed by atoms with E-state index in [0.29, 0.717) is 0 Å². The first kappa shape index (κ1) is 20.5. The summed E-state index contributed by atoms with van der Waals surface area (Å²) in [5, 5.41) is 3.75. The van der Waals surface area contributed by atoms with E-state index in [1.165, 1.54) is 11.3 Å². The van der Waals surface area contributed by atoms with Crippen molar-refractivity contribution in [2.75, 3.05) is 10.2 Å². The van der Waals surface area contributed by atoms with E-state index in [4.69, 9.17) is 4.98 Å². The van der Waals surface area contributed by atoms with Gasteiger partial charge in [-0.2, -0.15) is 0 Å². The van der Waals surface area contributed by atoms with Gasteiger partial charge in [-0.3, -0.25) is 4.57 Å². The molecule has 1 atom stereocenters. The number of aromatic nitrogens is 2. The van der Waals surface area contributed by atoms with Crippen molar-refractivity contribution < 1.29 is 0 Å². The molecule has 0 aliphatic carbocycles. The average molecular weight is 465 g/mol. The third-order valence-electron chi connectivity index (χ3n) is 6.78. The van der Waals surface area contributed by atoms with E-state index in [0.717, 1.165) is 39.5 Å². The van der Waals surface area contributed by atoms with Crippen molar-refractivity contribution in [3.05, 3.63) is 139 Å². The summed E-state index contributed by atoms with van der Waals surface area (Å²) in [4.78, 5) is 7.44. The Morgan fingerprint density at radius 1 is 0.611 bits per heavy atom. The maximum absolute atomic E-state index is 5.07. The van der Waals surface area contributed by atoms with Gasteiger partial charge in [0.1, 0.15) is 12.0 Å². The van der Waals surface area contributed by atoms with Gasteiger partial charge in [-0.15, -0.1) is 0 Å². The van der Waals surface area contributed by atoms with Crippen LogP contribution < -0.4 is 10.2 Å². The van der Waals surface area contributed by atoms with Crippen molar-refractivity contribution in [3.63, 3.8) is 0 Å². The molecule has 4 nitrogen and oxygen atoms in total. The predicted molar refractivity (Wildman–Crippen MR) is 148 cm³/mol. The maximum Gasteiger partial charge on any atom is 0.145 e. The van der Waals surface area contributed by atoms with Crippen LogP contribution in [-0.4, -0.2) is 9.55 Å². The Morgan fingerprint density at radius 3 is 2.14 bits per heavy atom. The van der Waals surface area contributed by atoms with Crippen molar-refractivity contribution in [1.29, 1.82) is 0 Å². The Labute approximate surface area is 210 Å². The molecule has 1 unspecified atom stereocenters. The SMILES string of the molecule is c1ccc(N2c3ccccc3NC2c2cccc(-c3nc4ccccc4n3-c3ccccc3)c2)cc1. The summed E-state index contributed by atoms with van der Waals surface area (Å²) in [6.45, 7) is 0. The average Bonchev–Trinajstić information content (AvgIpc) is 3.53. The van der Waals surface area contributed by atoms with Gasteiger partial charge in [0, 0.05) is 16.9 Å². The van der Waals surface area contributed by atoms with E-state index in [-0.39, 0.29) is 6.17 Å². The second-order valence-electron chi connectivity index (χ2n) is 8.99. The largest absolute Gasteiger partial charge is 0.359 e. The third-order valence-corrected chi connectivity index (χ3v) is 6.78. The third kappa shape index (κ3) is 3.35. The van der Waals surface area contributed by atoms with Crippen molar-refractivity contribution in [2.24, 2.45) is 0 Å². The molecule has 0 radical (unpaired) electrons. The number of benzene rings is 5. The molecular weight excluding hydrogens is 440 g/mol. The summed E-state index contributed by atoms with van der Waals surface area (Å²) in [5.74, 6) is 0.936. The highest BCUT2D eigenvalue weighted by atomic mass is 15.3. The summed E-state index contributed by atoms with van der Waals surface area (Å²) >= 11 is 0. The number of rotatable bonds is 4. The van der Waals surface area contributed by atoms with Crippen LogP contribution in [0.5, 0.6) is 0 Å². The number of imidazole rings is 1. The van der Waals surface area contributed by atoms with E-state index in [1.807, 2.05) is 12.1 Å². The van der Waals surface area contributed by atoms with Crippen LogP contribution in [-0.2, 0) is 0 Å². The molecule has 2 heterocycles. The second-order valence-corrected chi connectivity index (χ2v) is 8.99. The van der Waals surface area contributed by atoms with E-state index in [2.05, 4.69) is 136 Å². The number of nitrogens with one attached hydrogen (secondary N) is 1. The number of nitrogens with zero attached hydrogens (tertiary/aromatic N) is 3. The van der Waals surface area contributed by atoms with Crippen molar-refractivity contribution in [1.82, 2.24) is 9.55 Å². The second kappa shape index (κ2) is 8.43. The Balaban J connectivity index is 1.38. The lowest BCUT2D eigenvalue weighted by atomic mass is 10.1. The zero-order valence-electron chi connectivity index (χ0n) is 19.6. The molecule has 0 saturated heterocycles. The Morgan fingerprint density at radius 2 is 1.31 bits per heavy atom. The van der Waals surface area contributed by atoms with Crippen molar-refractivity contribution in [3.8, 4) is 17.1 Å². The van der Waals surface area contributed by atoms with Gasteiger partial charge < -0.3 is 10.2 Å². The predicted octanol–water partition coefficient (Wildman–Crippen LogP) is 7.95. The van der Waals surface area contributed by atoms with Gasteiger partial charge in [-0.05, 0) is 60.2 Å². The van der Waals surface area contributed by atoms with Gasteiger partial charge in [0.05, 0.1) is 22.4 Å². The molecule has 36 heavy (non-hydrogen) atoms. The van der Waals surface area contributed by atoms with Crippen LogP contribution in [0.4, 0.5) is 17.1 Å². The number of hydrogen-bond acceptors (Lipinski definition) is 3. The molecule has 5 aromatic carbocycles. The highest BCUT2D eigenvalue weighted by molar-refractivity contribution is 5.85. The smallest absolute Gasteiger partial charge is 0.145 e. The van der Waals surface area contributed by atoms with E-state index in [9.17, 15) is 0 Å². The van der Waals surface area contributed by atoms with Crippen LogP contribution in [0.2, 0.25) is 0 Å². The van der Waals surface area contributed by atoms with Crippen LogP contribution in [0.25, 0.3) is 28.1 Å². The number of anilines is 3. The molecule has 4 heteroatoms. The lowest BCUT2D eigenvalue weighted by molar-refractivity contribution is 0.828. The van der Waals surface area contributed by atoms with Crippen LogP contribution >= 0.6 is 0 Å². The van der Waals surface area contributed by atoms with E-state index >= 15 is 0 Å². The normalized spacial score (nSPS) is 14.6. The van der Waals surface area contributed by atoms with Gasteiger partial charge in [0.15, 0.2) is 0 Å². The lowest BCUT2D eigenvalue weighted by Gasteiger charge is -2.27. The van der Waals surface area contributed by atoms with Crippen molar-refractivity contribution in [2.45, 2.75) is 6.17 Å². The molecule has 0 fully saturated rings. The number of para-hydroxylation sites is 6. The molecule has 1 N–H and O–H groups in total. The van der Waals surface area contributed by atoms with Crippen molar-refractivity contribution >= 4 is 28.1 Å². The maximum atomic E-state index is 5.07. The van der Waals surface area contributed by atoms with Gasteiger partial charge in [-0.25, -0.2) is 4.98 Å². The minimum absolute atomic E-state index is 0.0284. The molecular formula is C32H24N4. The van der Waals surface area contributed by atoms with E-state index < -0.39 is 0 Å². The van der Waals surface area contributed by atoms with Gasteiger partial charge in [0.2, 0.25) is 0 Å². The van der Waals surface area contributed by atoms with E-state index in [1.54, 1.807) is 0 Å². The Kier molecular flexibility index (Phi) is 4.81. The molecule has 7 rings (SSSR count). The highest BCUT2D eigenvalue weighted by Crippen LogP contribution is 2.46. The van der Waals surface area contributed by atoms with Gasteiger partial charge >= 0.3 is 0 Å². The minimum atomic E-state index is -0.0284. The fourth-order valence-electron chi connectivity index (χ4n) is 5.17. The molecule has 172 valence electrons.